The quantitative estimate of drug-likeness (QED) is 0.736. The van der Waals surface area contributed by atoms with E-state index in [4.69, 9.17) is 4.74 Å². The average Bonchev–Trinajstić information content (AvgIpc) is 3.50. The van der Waals surface area contributed by atoms with Crippen LogP contribution in [0.25, 0.3) is 21.9 Å². The minimum atomic E-state index is -0.334. The van der Waals surface area contributed by atoms with Crippen LogP contribution >= 0.6 is 0 Å². The van der Waals surface area contributed by atoms with Crippen molar-refractivity contribution in [1.82, 2.24) is 10.3 Å². The first kappa shape index (κ1) is 16.4. The lowest BCUT2D eigenvalue weighted by atomic mass is 9.98. The summed E-state index contributed by atoms with van der Waals surface area (Å²) in [6.07, 6.45) is 3.95. The lowest BCUT2D eigenvalue weighted by Crippen LogP contribution is -2.26. The summed E-state index contributed by atoms with van der Waals surface area (Å²) in [7, 11) is 1.63. The van der Waals surface area contributed by atoms with E-state index in [1.54, 1.807) is 19.4 Å². The highest BCUT2D eigenvalue weighted by atomic mass is 16.5. The summed E-state index contributed by atoms with van der Waals surface area (Å²) in [4.78, 5) is 16.6. The maximum atomic E-state index is 12.3. The number of fused-ring (bicyclic) bond motifs is 1. The summed E-state index contributed by atoms with van der Waals surface area (Å²) < 4.78 is 5.45. The van der Waals surface area contributed by atoms with Crippen LogP contribution in [0.5, 0.6) is 11.5 Å². The number of rotatable bonds is 5. The molecule has 1 aromatic heterocycles. The second-order valence-corrected chi connectivity index (χ2v) is 6.58. The van der Waals surface area contributed by atoms with Crippen LogP contribution in [0.15, 0.2) is 48.7 Å². The molecule has 2 N–H and O–H groups in total. The maximum Gasteiger partial charge on any atom is 0.273 e. The number of benzene rings is 2. The van der Waals surface area contributed by atoms with Gasteiger partial charge < -0.3 is 15.2 Å². The van der Waals surface area contributed by atoms with E-state index in [2.05, 4.69) is 10.3 Å². The zero-order valence-corrected chi connectivity index (χ0v) is 14.5. The first-order valence-corrected chi connectivity index (χ1v) is 8.71. The van der Waals surface area contributed by atoms with Crippen molar-refractivity contribution in [3.63, 3.8) is 0 Å². The molecule has 1 saturated carbocycles. The minimum absolute atomic E-state index is 0.0651. The fraction of sp³-hybridized carbons (Fsp3) is 0.238. The van der Waals surface area contributed by atoms with Crippen molar-refractivity contribution in [3.05, 3.63) is 54.4 Å². The summed E-state index contributed by atoms with van der Waals surface area (Å²) in [5, 5.41) is 14.9. The molecule has 0 atom stereocenters. The van der Waals surface area contributed by atoms with Gasteiger partial charge in [-0.15, -0.1) is 0 Å². The number of ether oxygens (including phenoxy) is 1. The molecule has 3 aromatic rings. The molecule has 5 nitrogen and oxygen atoms in total. The van der Waals surface area contributed by atoms with Crippen LogP contribution in [0.3, 0.4) is 0 Å². The van der Waals surface area contributed by atoms with Crippen molar-refractivity contribution < 1.29 is 14.6 Å². The number of pyridine rings is 1. The predicted molar refractivity (Wildman–Crippen MR) is 100 cm³/mol. The molecule has 0 aliphatic heterocycles. The first-order chi connectivity index (χ1) is 12.7. The zero-order valence-electron chi connectivity index (χ0n) is 14.5. The molecule has 1 heterocycles. The summed E-state index contributed by atoms with van der Waals surface area (Å²) in [6.45, 7) is 0.638. The fourth-order valence-electron chi connectivity index (χ4n) is 3.14. The van der Waals surface area contributed by atoms with Gasteiger partial charge in [-0.05, 0) is 30.4 Å². The Labute approximate surface area is 151 Å². The van der Waals surface area contributed by atoms with Gasteiger partial charge in [0.05, 0.1) is 7.11 Å². The van der Waals surface area contributed by atoms with E-state index in [1.165, 1.54) is 0 Å². The lowest BCUT2D eigenvalue weighted by Gasteiger charge is -2.13. The normalized spacial score (nSPS) is 13.6. The van der Waals surface area contributed by atoms with Crippen LogP contribution in [0.4, 0.5) is 0 Å². The number of para-hydroxylation sites is 1. The second-order valence-electron chi connectivity index (χ2n) is 6.58. The van der Waals surface area contributed by atoms with Gasteiger partial charge in [0.1, 0.15) is 5.75 Å². The van der Waals surface area contributed by atoms with Gasteiger partial charge in [-0.25, -0.2) is 4.98 Å². The second kappa shape index (κ2) is 6.67. The van der Waals surface area contributed by atoms with Crippen molar-refractivity contribution in [2.24, 2.45) is 5.92 Å². The fourth-order valence-corrected chi connectivity index (χ4v) is 3.14. The third-order valence-corrected chi connectivity index (χ3v) is 4.77. The van der Waals surface area contributed by atoms with Gasteiger partial charge >= 0.3 is 0 Å². The Morgan fingerprint density at radius 2 is 1.92 bits per heavy atom. The highest BCUT2D eigenvalue weighted by Crippen LogP contribution is 2.37. The molecule has 0 bridgehead atoms. The predicted octanol–water partition coefficient (Wildman–Crippen LogP) is 3.76. The Morgan fingerprint density at radius 3 is 2.69 bits per heavy atom. The number of hydrogen-bond donors (Lipinski definition) is 2. The van der Waals surface area contributed by atoms with Gasteiger partial charge in [0, 0.05) is 29.1 Å². The monoisotopic (exact) mass is 348 g/mol. The molecule has 0 spiro atoms. The Bertz CT molecular complexity index is 980. The van der Waals surface area contributed by atoms with E-state index < -0.39 is 0 Å². The van der Waals surface area contributed by atoms with Crippen molar-refractivity contribution in [3.8, 4) is 22.6 Å². The number of aromatic nitrogens is 1. The molecule has 5 heteroatoms. The van der Waals surface area contributed by atoms with E-state index in [1.807, 2.05) is 36.4 Å². The standard InChI is InChI=1S/C21H20N2O3/c1-26-18-8-3-2-5-15(18)14-6-4-7-16-17(14)12-22-19(20(16)24)21(25)23-11-13-9-10-13/h2-8,12-13,24H,9-11H2,1H3,(H,23,25). The van der Waals surface area contributed by atoms with Crippen LogP contribution < -0.4 is 10.1 Å². The SMILES string of the molecule is COc1ccccc1-c1cccc2c(O)c(C(=O)NCC3CC3)ncc12. The molecule has 4 rings (SSSR count). The Balaban J connectivity index is 1.78. The molecular weight excluding hydrogens is 328 g/mol. The van der Waals surface area contributed by atoms with E-state index in [0.29, 0.717) is 17.8 Å². The van der Waals surface area contributed by atoms with Gasteiger partial charge in [-0.2, -0.15) is 0 Å². The van der Waals surface area contributed by atoms with Gasteiger partial charge in [0.25, 0.3) is 5.91 Å². The highest BCUT2D eigenvalue weighted by molar-refractivity contribution is 6.06. The molecule has 2 aromatic carbocycles. The van der Waals surface area contributed by atoms with Crippen LogP contribution in [0.2, 0.25) is 0 Å². The number of carbonyl (C=O) groups is 1. The third kappa shape index (κ3) is 2.96. The molecular formula is C21H20N2O3. The Kier molecular flexibility index (Phi) is 4.21. The van der Waals surface area contributed by atoms with Crippen molar-refractivity contribution in [2.75, 3.05) is 13.7 Å². The minimum Gasteiger partial charge on any atom is -0.505 e. The largest absolute Gasteiger partial charge is 0.505 e. The topological polar surface area (TPSA) is 71.5 Å². The molecule has 1 fully saturated rings. The van der Waals surface area contributed by atoms with Crippen LogP contribution in [-0.2, 0) is 0 Å². The van der Waals surface area contributed by atoms with Gasteiger partial charge in [-0.3, -0.25) is 4.79 Å². The summed E-state index contributed by atoms with van der Waals surface area (Å²) in [5.41, 5.74) is 1.87. The molecule has 0 radical (unpaired) electrons. The van der Waals surface area contributed by atoms with E-state index in [9.17, 15) is 9.90 Å². The number of aromatic hydroxyl groups is 1. The maximum absolute atomic E-state index is 12.3. The Morgan fingerprint density at radius 1 is 1.15 bits per heavy atom. The summed E-state index contributed by atoms with van der Waals surface area (Å²) in [5.74, 6) is 0.885. The summed E-state index contributed by atoms with van der Waals surface area (Å²) in [6, 6.07) is 13.3. The van der Waals surface area contributed by atoms with Crippen molar-refractivity contribution >= 4 is 16.7 Å². The average molecular weight is 348 g/mol. The molecule has 0 unspecified atom stereocenters. The van der Waals surface area contributed by atoms with Gasteiger partial charge in [-0.1, -0.05) is 36.4 Å². The molecule has 1 aliphatic carbocycles. The van der Waals surface area contributed by atoms with Gasteiger partial charge in [0.2, 0.25) is 0 Å². The molecule has 132 valence electrons. The van der Waals surface area contributed by atoms with E-state index >= 15 is 0 Å². The van der Waals surface area contributed by atoms with Crippen molar-refractivity contribution in [2.45, 2.75) is 12.8 Å². The Hall–Kier alpha value is -3.08. The molecule has 1 amide bonds. The molecule has 26 heavy (non-hydrogen) atoms. The number of nitrogens with one attached hydrogen (secondary N) is 1. The third-order valence-electron chi connectivity index (χ3n) is 4.77. The lowest BCUT2D eigenvalue weighted by molar-refractivity contribution is 0.0944. The zero-order chi connectivity index (χ0) is 18.1. The van der Waals surface area contributed by atoms with Crippen LogP contribution in [-0.4, -0.2) is 29.7 Å². The number of methoxy groups -OCH3 is 1. The smallest absolute Gasteiger partial charge is 0.273 e. The summed E-state index contributed by atoms with van der Waals surface area (Å²) >= 11 is 0. The van der Waals surface area contributed by atoms with E-state index in [-0.39, 0.29) is 17.4 Å². The number of hydrogen-bond acceptors (Lipinski definition) is 4. The van der Waals surface area contributed by atoms with Crippen LogP contribution in [0.1, 0.15) is 23.3 Å². The highest BCUT2D eigenvalue weighted by Gasteiger charge is 2.24. The molecule has 0 saturated heterocycles. The van der Waals surface area contributed by atoms with E-state index in [0.717, 1.165) is 35.1 Å². The molecule has 1 aliphatic rings. The van der Waals surface area contributed by atoms with Gasteiger partial charge in [0.15, 0.2) is 11.4 Å². The number of carbonyl (C=O) groups excluding carboxylic acids is 1. The van der Waals surface area contributed by atoms with Crippen molar-refractivity contribution in [1.29, 1.82) is 0 Å². The van der Waals surface area contributed by atoms with Crippen LogP contribution in [0, 0.1) is 5.92 Å². The number of nitrogens with zero attached hydrogens (tertiary/aromatic N) is 1. The number of amides is 1. The first-order valence-electron chi connectivity index (χ1n) is 8.71.